The molecule has 0 N–H and O–H groups in total. The van der Waals surface area contributed by atoms with Crippen molar-refractivity contribution in [2.24, 2.45) is 0 Å². The van der Waals surface area contributed by atoms with Crippen LogP contribution in [0, 0.1) is 5.82 Å². The summed E-state index contributed by atoms with van der Waals surface area (Å²) < 4.78 is 29.9. The highest BCUT2D eigenvalue weighted by Crippen LogP contribution is 2.28. The second-order valence-electron chi connectivity index (χ2n) is 7.65. The van der Waals surface area contributed by atoms with E-state index in [-0.39, 0.29) is 29.8 Å². The maximum atomic E-state index is 13.9. The van der Waals surface area contributed by atoms with Crippen molar-refractivity contribution in [3.8, 4) is 5.75 Å². The molecule has 28 heavy (non-hydrogen) atoms. The number of fused-ring (bicyclic) bond motifs is 1. The van der Waals surface area contributed by atoms with Gasteiger partial charge in [-0.25, -0.2) is 9.18 Å². The first-order valence-corrected chi connectivity index (χ1v) is 9.96. The molecular weight excluding hydrogens is 365 g/mol. The number of methoxy groups -OCH3 is 1. The van der Waals surface area contributed by atoms with Crippen LogP contribution in [0.4, 0.5) is 9.18 Å². The lowest BCUT2D eigenvalue weighted by atomic mass is 10.2. The van der Waals surface area contributed by atoms with Crippen LogP contribution in [-0.4, -0.2) is 92.5 Å². The quantitative estimate of drug-likeness (QED) is 0.701. The second kappa shape index (κ2) is 8.63. The molecule has 0 radical (unpaired) electrons. The number of carbonyl (C=O) groups is 1. The summed E-state index contributed by atoms with van der Waals surface area (Å²) in [6, 6.07) is 5.13. The standard InChI is InChI=1S/C20H28FN3O4/c1-26-18-4-3-15(11-16(18)21)12-23-13-17-19(14-23)28-20(25)24(17)6-2-5-22-7-9-27-10-8-22/h3-4,11,17,19H,2,5-10,12-14H2,1H3/t17-,19+/m1/s1. The van der Waals surface area contributed by atoms with E-state index in [1.54, 1.807) is 6.07 Å². The van der Waals surface area contributed by atoms with Crippen molar-refractivity contribution in [3.05, 3.63) is 29.6 Å². The van der Waals surface area contributed by atoms with E-state index < -0.39 is 0 Å². The Hall–Kier alpha value is -1.90. The fraction of sp³-hybridized carbons (Fsp3) is 0.650. The first-order chi connectivity index (χ1) is 13.6. The van der Waals surface area contributed by atoms with Crippen molar-refractivity contribution in [2.45, 2.75) is 25.1 Å². The first kappa shape index (κ1) is 19.4. The van der Waals surface area contributed by atoms with Crippen LogP contribution >= 0.6 is 0 Å². The van der Waals surface area contributed by atoms with E-state index in [9.17, 15) is 9.18 Å². The van der Waals surface area contributed by atoms with Crippen LogP contribution in [0.25, 0.3) is 0 Å². The van der Waals surface area contributed by atoms with Crippen molar-refractivity contribution in [2.75, 3.05) is 59.6 Å². The minimum Gasteiger partial charge on any atom is -0.494 e. The van der Waals surface area contributed by atoms with Crippen LogP contribution in [0.5, 0.6) is 5.75 Å². The highest BCUT2D eigenvalue weighted by atomic mass is 19.1. The van der Waals surface area contributed by atoms with E-state index in [2.05, 4.69) is 9.80 Å². The Labute approximate surface area is 164 Å². The average molecular weight is 393 g/mol. The molecule has 0 unspecified atom stereocenters. The number of morpholine rings is 1. The van der Waals surface area contributed by atoms with Crippen molar-refractivity contribution in [1.82, 2.24) is 14.7 Å². The Morgan fingerprint density at radius 1 is 1.18 bits per heavy atom. The van der Waals surface area contributed by atoms with Gasteiger partial charge in [-0.3, -0.25) is 9.80 Å². The number of rotatable bonds is 7. The van der Waals surface area contributed by atoms with Gasteiger partial charge in [0.2, 0.25) is 0 Å². The normalized spacial score (nSPS) is 25.8. The number of hydrogen-bond acceptors (Lipinski definition) is 6. The summed E-state index contributed by atoms with van der Waals surface area (Å²) in [5, 5.41) is 0. The summed E-state index contributed by atoms with van der Waals surface area (Å²) in [6.45, 7) is 7.25. The number of ether oxygens (including phenoxy) is 3. The molecule has 0 bridgehead atoms. The van der Waals surface area contributed by atoms with Crippen LogP contribution in [0.15, 0.2) is 18.2 Å². The van der Waals surface area contributed by atoms with E-state index in [4.69, 9.17) is 14.2 Å². The molecule has 1 aromatic carbocycles. The van der Waals surface area contributed by atoms with Gasteiger partial charge in [0, 0.05) is 45.8 Å². The summed E-state index contributed by atoms with van der Waals surface area (Å²) >= 11 is 0. The fourth-order valence-electron chi connectivity index (χ4n) is 4.32. The highest BCUT2D eigenvalue weighted by Gasteiger charge is 2.47. The number of halogens is 1. The molecule has 0 aromatic heterocycles. The Morgan fingerprint density at radius 2 is 2.00 bits per heavy atom. The lowest BCUT2D eigenvalue weighted by Gasteiger charge is -2.28. The molecule has 3 aliphatic heterocycles. The molecular formula is C20H28FN3O4. The minimum atomic E-state index is -0.351. The highest BCUT2D eigenvalue weighted by molar-refractivity contribution is 5.71. The number of carbonyl (C=O) groups excluding carboxylic acids is 1. The lowest BCUT2D eigenvalue weighted by molar-refractivity contribution is 0.0362. The largest absolute Gasteiger partial charge is 0.494 e. The molecule has 1 amide bonds. The van der Waals surface area contributed by atoms with Gasteiger partial charge in [0.25, 0.3) is 0 Å². The molecule has 0 saturated carbocycles. The van der Waals surface area contributed by atoms with Gasteiger partial charge in [0.05, 0.1) is 26.4 Å². The molecule has 7 nitrogen and oxygen atoms in total. The zero-order valence-corrected chi connectivity index (χ0v) is 16.3. The molecule has 3 fully saturated rings. The summed E-state index contributed by atoms with van der Waals surface area (Å²) in [5.41, 5.74) is 0.892. The molecule has 0 spiro atoms. The fourth-order valence-corrected chi connectivity index (χ4v) is 4.32. The van der Waals surface area contributed by atoms with Crippen molar-refractivity contribution < 1.29 is 23.4 Å². The van der Waals surface area contributed by atoms with Crippen LogP contribution in [0.1, 0.15) is 12.0 Å². The van der Waals surface area contributed by atoms with Crippen LogP contribution in [0.3, 0.4) is 0 Å². The van der Waals surface area contributed by atoms with Gasteiger partial charge in [-0.05, 0) is 24.1 Å². The maximum Gasteiger partial charge on any atom is 0.410 e. The van der Waals surface area contributed by atoms with E-state index in [0.717, 1.165) is 51.4 Å². The van der Waals surface area contributed by atoms with Crippen molar-refractivity contribution in [1.29, 1.82) is 0 Å². The number of hydrogen-bond donors (Lipinski definition) is 0. The van der Waals surface area contributed by atoms with E-state index in [0.29, 0.717) is 19.6 Å². The van der Waals surface area contributed by atoms with Gasteiger partial charge >= 0.3 is 6.09 Å². The maximum absolute atomic E-state index is 13.9. The zero-order valence-electron chi connectivity index (χ0n) is 16.3. The number of benzene rings is 1. The molecule has 3 saturated heterocycles. The molecule has 3 aliphatic rings. The molecule has 8 heteroatoms. The number of likely N-dealkylation sites (tertiary alicyclic amines) is 1. The molecule has 4 rings (SSSR count). The smallest absolute Gasteiger partial charge is 0.410 e. The van der Waals surface area contributed by atoms with Gasteiger partial charge < -0.3 is 19.1 Å². The van der Waals surface area contributed by atoms with Crippen LogP contribution in [0.2, 0.25) is 0 Å². The predicted molar refractivity (Wildman–Crippen MR) is 101 cm³/mol. The molecule has 154 valence electrons. The third-order valence-corrected chi connectivity index (χ3v) is 5.80. The molecule has 3 heterocycles. The third-order valence-electron chi connectivity index (χ3n) is 5.80. The summed E-state index contributed by atoms with van der Waals surface area (Å²) in [5.74, 6) is -0.0991. The summed E-state index contributed by atoms with van der Waals surface area (Å²) in [7, 11) is 1.46. The van der Waals surface area contributed by atoms with E-state index in [1.807, 2.05) is 11.0 Å². The SMILES string of the molecule is COc1ccc(CN2C[C@@H]3OC(=O)N(CCCN4CCOCC4)[C@@H]3C2)cc1F. The molecule has 2 atom stereocenters. The van der Waals surface area contributed by atoms with Crippen molar-refractivity contribution >= 4 is 6.09 Å². The zero-order chi connectivity index (χ0) is 19.5. The average Bonchev–Trinajstić information content (AvgIpc) is 3.20. The van der Waals surface area contributed by atoms with Crippen LogP contribution in [-0.2, 0) is 16.0 Å². The number of nitrogens with zero attached hydrogens (tertiary/aromatic N) is 3. The van der Waals surface area contributed by atoms with Gasteiger partial charge in [-0.15, -0.1) is 0 Å². The Morgan fingerprint density at radius 3 is 2.75 bits per heavy atom. The third kappa shape index (κ3) is 4.24. The van der Waals surface area contributed by atoms with E-state index >= 15 is 0 Å². The first-order valence-electron chi connectivity index (χ1n) is 9.96. The predicted octanol–water partition coefficient (Wildman–Crippen LogP) is 1.56. The molecule has 0 aliphatic carbocycles. The van der Waals surface area contributed by atoms with Crippen molar-refractivity contribution in [3.63, 3.8) is 0 Å². The van der Waals surface area contributed by atoms with E-state index in [1.165, 1.54) is 13.2 Å². The monoisotopic (exact) mass is 393 g/mol. The van der Waals surface area contributed by atoms with Gasteiger partial charge in [0.15, 0.2) is 11.6 Å². The summed E-state index contributed by atoms with van der Waals surface area (Å²) in [4.78, 5) is 18.7. The minimum absolute atomic E-state index is 0.0836. The number of amides is 1. The Balaban J connectivity index is 1.29. The Bertz CT molecular complexity index is 698. The van der Waals surface area contributed by atoms with Crippen LogP contribution < -0.4 is 4.74 Å². The van der Waals surface area contributed by atoms with Gasteiger partial charge in [0.1, 0.15) is 6.10 Å². The summed E-state index contributed by atoms with van der Waals surface area (Å²) in [6.07, 6.45) is 0.633. The van der Waals surface area contributed by atoms with Gasteiger partial charge in [-0.1, -0.05) is 6.07 Å². The molecule has 1 aromatic rings. The Kier molecular flexibility index (Phi) is 5.99. The second-order valence-corrected chi connectivity index (χ2v) is 7.65. The topological polar surface area (TPSA) is 54.5 Å². The lowest BCUT2D eigenvalue weighted by Crippen LogP contribution is -2.41. The van der Waals surface area contributed by atoms with Gasteiger partial charge in [-0.2, -0.15) is 0 Å².